The highest BCUT2D eigenvalue weighted by Gasteiger charge is 1.99. The number of hydrogen-bond acceptors (Lipinski definition) is 3. The molecule has 0 saturated heterocycles. The highest BCUT2D eigenvalue weighted by Crippen LogP contribution is 1.79. The number of hydrogen-bond donors (Lipinski definition) is 2. The summed E-state index contributed by atoms with van der Waals surface area (Å²) in [5.41, 5.74) is 0. The minimum atomic E-state index is -0.106. The zero-order chi connectivity index (χ0) is 11.3. The number of aromatic nitrogens is 1. The van der Waals surface area contributed by atoms with Gasteiger partial charge in [-0.3, -0.25) is 9.79 Å². The smallest absolute Gasteiger partial charge is 0.241 e. The Kier molecular flexibility index (Phi) is 3.91. The molecule has 0 fully saturated rings. The van der Waals surface area contributed by atoms with Gasteiger partial charge < -0.3 is 10.5 Å². The van der Waals surface area contributed by atoms with Crippen molar-refractivity contribution < 1.29 is 10.0 Å². The molecule has 0 atom stereocenters. The Hall–Kier alpha value is -1.78. The molecule has 1 rings (SSSR count). The minimum absolute atomic E-state index is 0.105. The SMILES string of the molecule is CC(C)NC(=O)CN=c1ccn(O)cc1. The second kappa shape index (κ2) is 5.19. The molecule has 5 nitrogen and oxygen atoms in total. The van der Waals surface area contributed by atoms with Gasteiger partial charge in [-0.15, -0.1) is 0 Å². The summed E-state index contributed by atoms with van der Waals surface area (Å²) in [5, 5.41) is 12.4. The van der Waals surface area contributed by atoms with Crippen molar-refractivity contribution in [2.75, 3.05) is 6.54 Å². The summed E-state index contributed by atoms with van der Waals surface area (Å²) in [5.74, 6) is -0.106. The van der Waals surface area contributed by atoms with Gasteiger partial charge in [0.05, 0.1) is 5.36 Å². The first-order chi connectivity index (χ1) is 7.08. The summed E-state index contributed by atoms with van der Waals surface area (Å²) < 4.78 is 0.924. The maximum Gasteiger partial charge on any atom is 0.241 e. The van der Waals surface area contributed by atoms with Gasteiger partial charge in [0, 0.05) is 18.4 Å². The van der Waals surface area contributed by atoms with Gasteiger partial charge in [-0.2, -0.15) is 0 Å². The molecule has 1 heterocycles. The molecule has 0 bridgehead atoms. The topological polar surface area (TPSA) is 66.6 Å². The molecule has 1 amide bonds. The van der Waals surface area contributed by atoms with Crippen LogP contribution < -0.4 is 10.7 Å². The van der Waals surface area contributed by atoms with Crippen molar-refractivity contribution >= 4 is 5.91 Å². The van der Waals surface area contributed by atoms with Crippen LogP contribution in [0.25, 0.3) is 0 Å². The van der Waals surface area contributed by atoms with Gasteiger partial charge in [0.25, 0.3) is 0 Å². The lowest BCUT2D eigenvalue weighted by Crippen LogP contribution is -2.32. The summed E-state index contributed by atoms with van der Waals surface area (Å²) >= 11 is 0. The molecule has 82 valence electrons. The van der Waals surface area contributed by atoms with Crippen molar-refractivity contribution in [2.24, 2.45) is 4.99 Å². The zero-order valence-electron chi connectivity index (χ0n) is 8.84. The Balaban J connectivity index is 2.58. The van der Waals surface area contributed by atoms with Crippen molar-refractivity contribution in [2.45, 2.75) is 19.9 Å². The van der Waals surface area contributed by atoms with E-state index in [1.54, 1.807) is 12.1 Å². The minimum Gasteiger partial charge on any atom is -0.429 e. The fourth-order valence-electron chi connectivity index (χ4n) is 1.05. The van der Waals surface area contributed by atoms with Crippen LogP contribution in [-0.4, -0.2) is 28.4 Å². The maximum atomic E-state index is 11.2. The van der Waals surface area contributed by atoms with Crippen molar-refractivity contribution in [1.29, 1.82) is 0 Å². The highest BCUT2D eigenvalue weighted by molar-refractivity contribution is 5.78. The van der Waals surface area contributed by atoms with Gasteiger partial charge in [-0.1, -0.05) is 0 Å². The van der Waals surface area contributed by atoms with Gasteiger partial charge >= 0.3 is 0 Å². The van der Waals surface area contributed by atoms with E-state index in [1.807, 2.05) is 13.8 Å². The third-order valence-corrected chi connectivity index (χ3v) is 1.65. The number of nitrogens with zero attached hydrogens (tertiary/aromatic N) is 2. The number of rotatable bonds is 3. The van der Waals surface area contributed by atoms with E-state index in [0.717, 1.165) is 4.73 Å². The van der Waals surface area contributed by atoms with E-state index in [2.05, 4.69) is 10.3 Å². The Bertz CT molecular complexity index is 375. The van der Waals surface area contributed by atoms with E-state index < -0.39 is 0 Å². The number of carbonyl (C=O) groups excluding carboxylic acids is 1. The van der Waals surface area contributed by atoms with Crippen molar-refractivity contribution in [3.8, 4) is 0 Å². The largest absolute Gasteiger partial charge is 0.429 e. The lowest BCUT2D eigenvalue weighted by atomic mass is 10.4. The monoisotopic (exact) mass is 209 g/mol. The van der Waals surface area contributed by atoms with E-state index >= 15 is 0 Å². The van der Waals surface area contributed by atoms with Crippen LogP contribution in [0, 0.1) is 0 Å². The lowest BCUT2D eigenvalue weighted by molar-refractivity contribution is -0.120. The molecule has 0 aliphatic heterocycles. The van der Waals surface area contributed by atoms with Gasteiger partial charge in [0.2, 0.25) is 5.91 Å². The standard InChI is InChI=1S/C10H15N3O2/c1-8(2)12-10(14)7-11-9-3-5-13(15)6-4-9/h3-6,8,15H,7H2,1-2H3,(H,12,14). The molecule has 0 aliphatic carbocycles. The molecule has 0 unspecified atom stereocenters. The molecule has 1 aromatic rings. The second-order valence-electron chi connectivity index (χ2n) is 3.47. The molecule has 1 aromatic heterocycles. The van der Waals surface area contributed by atoms with E-state index in [0.29, 0.717) is 5.36 Å². The summed E-state index contributed by atoms with van der Waals surface area (Å²) in [6.45, 7) is 3.90. The van der Waals surface area contributed by atoms with Crippen molar-refractivity contribution in [3.05, 3.63) is 29.9 Å². The van der Waals surface area contributed by atoms with Crippen LogP contribution in [0.2, 0.25) is 0 Å². The molecule has 0 aromatic carbocycles. The average molecular weight is 209 g/mol. The van der Waals surface area contributed by atoms with E-state index in [4.69, 9.17) is 5.21 Å². The van der Waals surface area contributed by atoms with Crippen LogP contribution in [-0.2, 0) is 4.79 Å². The predicted molar refractivity (Wildman–Crippen MR) is 55.3 cm³/mol. The Labute approximate surface area is 88.0 Å². The summed E-state index contributed by atoms with van der Waals surface area (Å²) in [4.78, 5) is 15.3. The van der Waals surface area contributed by atoms with E-state index in [1.165, 1.54) is 12.4 Å². The lowest BCUT2D eigenvalue weighted by Gasteiger charge is -2.05. The number of amides is 1. The van der Waals surface area contributed by atoms with Gasteiger partial charge in [-0.25, -0.2) is 4.73 Å². The number of pyridine rings is 1. The second-order valence-corrected chi connectivity index (χ2v) is 3.47. The van der Waals surface area contributed by atoms with Crippen molar-refractivity contribution in [1.82, 2.24) is 10.0 Å². The summed E-state index contributed by atoms with van der Waals surface area (Å²) in [6.07, 6.45) is 2.92. The molecule has 2 N–H and O–H groups in total. The first-order valence-corrected chi connectivity index (χ1v) is 4.75. The normalized spacial score (nSPS) is 10.1. The van der Waals surface area contributed by atoms with Crippen LogP contribution in [0.4, 0.5) is 0 Å². The maximum absolute atomic E-state index is 11.2. The van der Waals surface area contributed by atoms with Crippen molar-refractivity contribution in [3.63, 3.8) is 0 Å². The van der Waals surface area contributed by atoms with E-state index in [-0.39, 0.29) is 18.5 Å². The molecule has 0 radical (unpaired) electrons. The fraction of sp³-hybridized carbons (Fsp3) is 0.400. The summed E-state index contributed by atoms with van der Waals surface area (Å²) in [7, 11) is 0. The van der Waals surface area contributed by atoms with Gasteiger partial charge in [-0.05, 0) is 26.0 Å². The Morgan fingerprint density at radius 3 is 2.67 bits per heavy atom. The number of nitrogens with one attached hydrogen (secondary N) is 1. The third-order valence-electron chi connectivity index (χ3n) is 1.65. The van der Waals surface area contributed by atoms with Crippen LogP contribution in [0.3, 0.4) is 0 Å². The predicted octanol–water partition coefficient (Wildman–Crippen LogP) is 0.151. The first-order valence-electron chi connectivity index (χ1n) is 4.75. The quantitative estimate of drug-likeness (QED) is 0.696. The molecular formula is C10H15N3O2. The Morgan fingerprint density at radius 1 is 1.53 bits per heavy atom. The zero-order valence-corrected chi connectivity index (χ0v) is 8.84. The van der Waals surface area contributed by atoms with Gasteiger partial charge in [0.15, 0.2) is 0 Å². The molecule has 0 saturated carbocycles. The summed E-state index contributed by atoms with van der Waals surface area (Å²) in [6, 6.07) is 3.38. The van der Waals surface area contributed by atoms with E-state index in [9.17, 15) is 4.79 Å². The molecule has 5 heteroatoms. The fourth-order valence-corrected chi connectivity index (χ4v) is 1.05. The van der Waals surface area contributed by atoms with Crippen LogP contribution >= 0.6 is 0 Å². The third kappa shape index (κ3) is 4.30. The molecule has 15 heavy (non-hydrogen) atoms. The average Bonchev–Trinajstić information content (AvgIpc) is 2.16. The Morgan fingerprint density at radius 2 is 2.13 bits per heavy atom. The molecular weight excluding hydrogens is 194 g/mol. The van der Waals surface area contributed by atoms with Crippen LogP contribution in [0.15, 0.2) is 29.5 Å². The van der Waals surface area contributed by atoms with Gasteiger partial charge in [0.1, 0.15) is 6.54 Å². The van der Waals surface area contributed by atoms with Crippen LogP contribution in [0.5, 0.6) is 0 Å². The molecule has 0 spiro atoms. The highest BCUT2D eigenvalue weighted by atomic mass is 16.5. The first kappa shape index (κ1) is 11.3. The van der Waals surface area contributed by atoms with Crippen LogP contribution in [0.1, 0.15) is 13.8 Å². The molecule has 0 aliphatic rings. The number of carbonyl (C=O) groups is 1.